The van der Waals surface area contributed by atoms with Crippen LogP contribution in [0.25, 0.3) is 16.7 Å². The van der Waals surface area contributed by atoms with Crippen LogP contribution in [0.1, 0.15) is 11.5 Å². The predicted molar refractivity (Wildman–Crippen MR) is 83.4 cm³/mol. The van der Waals surface area contributed by atoms with Crippen LogP contribution in [0, 0.1) is 6.92 Å². The largest absolute Gasteiger partial charge is 0.271 e. The zero-order valence-electron chi connectivity index (χ0n) is 12.1. The first-order chi connectivity index (χ1) is 10.6. The third-order valence-electron chi connectivity index (χ3n) is 3.56. The van der Waals surface area contributed by atoms with Crippen molar-refractivity contribution >= 4 is 32.6 Å². The molecule has 9 heteroatoms. The Balaban J connectivity index is 1.66. The van der Waals surface area contributed by atoms with Crippen molar-refractivity contribution < 1.29 is 0 Å². The number of hydrogen-bond acceptors (Lipinski definition) is 5. The van der Waals surface area contributed by atoms with E-state index in [-0.39, 0.29) is 0 Å². The Labute approximate surface area is 133 Å². The minimum Gasteiger partial charge on any atom is -0.271 e. The third-order valence-corrected chi connectivity index (χ3v) is 4.34. The number of fused-ring (bicyclic) bond motifs is 3. The van der Waals surface area contributed by atoms with E-state index in [9.17, 15) is 0 Å². The van der Waals surface area contributed by atoms with E-state index in [1.165, 1.54) is 0 Å². The molecular formula is C13H13BrN8. The van der Waals surface area contributed by atoms with E-state index in [0.717, 1.165) is 39.2 Å². The standard InChI is InChI=1S/C13H13BrN8/c1-8-10(14)6-21(18-8)4-3-11-17-13-9-5-16-20(2)12(9)15-7-22(13)19-11/h5-7H,3-4H2,1-2H3. The van der Waals surface area contributed by atoms with Gasteiger partial charge in [-0.3, -0.25) is 9.36 Å². The molecule has 0 amide bonds. The summed E-state index contributed by atoms with van der Waals surface area (Å²) in [6, 6.07) is 0. The molecule has 4 rings (SSSR count). The van der Waals surface area contributed by atoms with Gasteiger partial charge in [0.15, 0.2) is 17.1 Å². The molecule has 0 atom stereocenters. The number of nitrogens with zero attached hydrogens (tertiary/aromatic N) is 8. The van der Waals surface area contributed by atoms with Crippen LogP contribution in [-0.4, -0.2) is 39.1 Å². The molecule has 0 saturated heterocycles. The minimum absolute atomic E-state index is 0.705. The second-order valence-electron chi connectivity index (χ2n) is 5.12. The number of aryl methyl sites for hydroxylation is 4. The molecule has 0 saturated carbocycles. The van der Waals surface area contributed by atoms with E-state index in [1.807, 2.05) is 24.9 Å². The van der Waals surface area contributed by atoms with Crippen LogP contribution in [0.3, 0.4) is 0 Å². The summed E-state index contributed by atoms with van der Waals surface area (Å²) in [5.74, 6) is 0.766. The van der Waals surface area contributed by atoms with Crippen molar-refractivity contribution in [3.05, 3.63) is 34.7 Å². The molecule has 4 aromatic rings. The summed E-state index contributed by atoms with van der Waals surface area (Å²) >= 11 is 3.46. The van der Waals surface area contributed by atoms with Gasteiger partial charge in [-0.25, -0.2) is 14.5 Å². The van der Waals surface area contributed by atoms with Gasteiger partial charge < -0.3 is 0 Å². The lowest BCUT2D eigenvalue weighted by Crippen LogP contribution is -2.03. The maximum Gasteiger partial charge on any atom is 0.170 e. The topological polar surface area (TPSA) is 78.7 Å². The molecule has 0 spiro atoms. The van der Waals surface area contributed by atoms with Crippen LogP contribution < -0.4 is 0 Å². The Kier molecular flexibility index (Phi) is 2.96. The second-order valence-corrected chi connectivity index (χ2v) is 5.98. The summed E-state index contributed by atoms with van der Waals surface area (Å²) < 4.78 is 6.33. The van der Waals surface area contributed by atoms with Gasteiger partial charge in [0.2, 0.25) is 0 Å². The van der Waals surface area contributed by atoms with Gasteiger partial charge >= 0.3 is 0 Å². The van der Waals surface area contributed by atoms with Crippen molar-refractivity contribution in [1.29, 1.82) is 0 Å². The number of hydrogen-bond donors (Lipinski definition) is 0. The second kappa shape index (κ2) is 4.87. The molecule has 112 valence electrons. The number of halogens is 1. The summed E-state index contributed by atoms with van der Waals surface area (Å²) in [6.45, 7) is 2.70. The van der Waals surface area contributed by atoms with Gasteiger partial charge in [0.1, 0.15) is 6.33 Å². The smallest absolute Gasteiger partial charge is 0.170 e. The highest BCUT2D eigenvalue weighted by atomic mass is 79.9. The van der Waals surface area contributed by atoms with Crippen molar-refractivity contribution in [2.75, 3.05) is 0 Å². The molecule has 0 radical (unpaired) electrons. The Hall–Kier alpha value is -2.29. The van der Waals surface area contributed by atoms with Crippen LogP contribution in [0.15, 0.2) is 23.2 Å². The maximum absolute atomic E-state index is 4.60. The van der Waals surface area contributed by atoms with E-state index in [4.69, 9.17) is 0 Å². The van der Waals surface area contributed by atoms with Crippen molar-refractivity contribution in [3.63, 3.8) is 0 Å². The predicted octanol–water partition coefficient (Wildman–Crippen LogP) is 1.52. The molecule has 0 bridgehead atoms. The van der Waals surface area contributed by atoms with Crippen LogP contribution in [-0.2, 0) is 20.0 Å². The summed E-state index contributed by atoms with van der Waals surface area (Å²) in [4.78, 5) is 8.96. The molecule has 0 N–H and O–H groups in total. The zero-order valence-corrected chi connectivity index (χ0v) is 13.7. The van der Waals surface area contributed by atoms with Gasteiger partial charge in [-0.05, 0) is 22.9 Å². The van der Waals surface area contributed by atoms with Crippen LogP contribution in [0.5, 0.6) is 0 Å². The minimum atomic E-state index is 0.705. The summed E-state index contributed by atoms with van der Waals surface area (Å²) in [5.41, 5.74) is 2.56. The van der Waals surface area contributed by atoms with Gasteiger partial charge in [-0.1, -0.05) is 0 Å². The molecule has 4 aromatic heterocycles. The molecule has 4 heterocycles. The molecule has 0 unspecified atom stereocenters. The highest BCUT2D eigenvalue weighted by Crippen LogP contribution is 2.16. The van der Waals surface area contributed by atoms with Gasteiger partial charge in [-0.2, -0.15) is 10.2 Å². The normalized spacial score (nSPS) is 11.8. The zero-order chi connectivity index (χ0) is 15.3. The Bertz CT molecular complexity index is 959. The number of aromatic nitrogens is 8. The Morgan fingerprint density at radius 2 is 2.09 bits per heavy atom. The van der Waals surface area contributed by atoms with Crippen LogP contribution >= 0.6 is 15.9 Å². The molecule has 0 fully saturated rings. The molecule has 22 heavy (non-hydrogen) atoms. The molecule has 0 aliphatic heterocycles. The van der Waals surface area contributed by atoms with Crippen molar-refractivity contribution in [3.8, 4) is 0 Å². The van der Waals surface area contributed by atoms with Gasteiger partial charge in [0.05, 0.1) is 21.7 Å². The molecule has 0 aliphatic rings. The van der Waals surface area contributed by atoms with Crippen LogP contribution in [0.4, 0.5) is 0 Å². The van der Waals surface area contributed by atoms with E-state index in [2.05, 4.69) is 41.2 Å². The fourth-order valence-corrected chi connectivity index (χ4v) is 2.73. The fraction of sp³-hybridized carbons (Fsp3) is 0.308. The first kappa shape index (κ1) is 13.4. The quantitative estimate of drug-likeness (QED) is 0.553. The van der Waals surface area contributed by atoms with E-state index in [1.54, 1.807) is 21.7 Å². The average molecular weight is 361 g/mol. The van der Waals surface area contributed by atoms with Gasteiger partial charge in [0, 0.05) is 26.2 Å². The van der Waals surface area contributed by atoms with Gasteiger partial charge in [-0.15, -0.1) is 5.10 Å². The first-order valence-corrected chi connectivity index (χ1v) is 7.62. The van der Waals surface area contributed by atoms with E-state index < -0.39 is 0 Å². The Morgan fingerprint density at radius 1 is 1.23 bits per heavy atom. The first-order valence-electron chi connectivity index (χ1n) is 6.83. The van der Waals surface area contributed by atoms with Crippen molar-refractivity contribution in [2.45, 2.75) is 19.9 Å². The third kappa shape index (κ3) is 2.08. The molecular weight excluding hydrogens is 348 g/mol. The van der Waals surface area contributed by atoms with Gasteiger partial charge in [0.25, 0.3) is 0 Å². The monoisotopic (exact) mass is 360 g/mol. The van der Waals surface area contributed by atoms with Crippen molar-refractivity contribution in [1.82, 2.24) is 39.1 Å². The lowest BCUT2D eigenvalue weighted by atomic mass is 10.4. The Morgan fingerprint density at radius 3 is 2.86 bits per heavy atom. The molecule has 8 nitrogen and oxygen atoms in total. The SMILES string of the molecule is Cc1nn(CCc2nc3c4cnn(C)c4ncn3n2)cc1Br. The highest BCUT2D eigenvalue weighted by molar-refractivity contribution is 9.10. The van der Waals surface area contributed by atoms with E-state index in [0.29, 0.717) is 6.42 Å². The lowest BCUT2D eigenvalue weighted by Gasteiger charge is -1.96. The summed E-state index contributed by atoms with van der Waals surface area (Å²) in [7, 11) is 1.86. The van der Waals surface area contributed by atoms with E-state index >= 15 is 0 Å². The molecule has 0 aromatic carbocycles. The average Bonchev–Trinajstić information content (AvgIpc) is 3.15. The summed E-state index contributed by atoms with van der Waals surface area (Å²) in [5, 5.41) is 14.0. The maximum atomic E-state index is 4.60. The highest BCUT2D eigenvalue weighted by Gasteiger charge is 2.11. The number of rotatable bonds is 3. The van der Waals surface area contributed by atoms with Crippen LogP contribution in [0.2, 0.25) is 0 Å². The summed E-state index contributed by atoms with van der Waals surface area (Å²) in [6.07, 6.45) is 6.11. The lowest BCUT2D eigenvalue weighted by molar-refractivity contribution is 0.595. The molecule has 0 aliphatic carbocycles. The fourth-order valence-electron chi connectivity index (χ4n) is 2.41. The van der Waals surface area contributed by atoms with Crippen molar-refractivity contribution in [2.24, 2.45) is 7.05 Å².